The van der Waals surface area contributed by atoms with E-state index in [9.17, 15) is 19.2 Å². The zero-order valence-electron chi connectivity index (χ0n) is 16.1. The minimum atomic E-state index is -1.05. The van der Waals surface area contributed by atoms with E-state index >= 15 is 0 Å². The first-order valence-electron chi connectivity index (χ1n) is 9.49. The molecule has 1 aromatic carbocycles. The number of nitrogens with zero attached hydrogens (tertiary/aromatic N) is 2. The fourth-order valence-electron chi connectivity index (χ4n) is 3.58. The molecule has 9 nitrogen and oxygen atoms in total. The average molecular weight is 398 g/mol. The molecule has 1 aliphatic heterocycles. The Balaban J connectivity index is 1.47. The molecule has 9 heteroatoms. The number of nitriles is 1. The van der Waals surface area contributed by atoms with Gasteiger partial charge < -0.3 is 15.4 Å². The third-order valence-electron chi connectivity index (χ3n) is 5.20. The lowest BCUT2D eigenvalue weighted by Crippen LogP contribution is -2.44. The van der Waals surface area contributed by atoms with Gasteiger partial charge in [-0.3, -0.25) is 19.3 Å². The predicted octanol–water partition coefficient (Wildman–Crippen LogP) is 1.68. The Kier molecular flexibility index (Phi) is 5.82. The molecule has 4 amide bonds. The van der Waals surface area contributed by atoms with Crippen LogP contribution in [0.5, 0.6) is 0 Å². The second-order valence-corrected chi connectivity index (χ2v) is 7.24. The topological polar surface area (TPSA) is 129 Å². The summed E-state index contributed by atoms with van der Waals surface area (Å²) < 4.78 is 5.10. The van der Waals surface area contributed by atoms with Crippen LogP contribution in [-0.2, 0) is 19.1 Å². The van der Waals surface area contributed by atoms with Crippen LogP contribution in [0.15, 0.2) is 24.3 Å². The van der Waals surface area contributed by atoms with Gasteiger partial charge in [0.15, 0.2) is 6.10 Å². The van der Waals surface area contributed by atoms with E-state index in [2.05, 4.69) is 10.6 Å². The Morgan fingerprint density at radius 2 is 1.93 bits per heavy atom. The quantitative estimate of drug-likeness (QED) is 0.554. The molecule has 1 spiro atoms. The van der Waals surface area contributed by atoms with Crippen molar-refractivity contribution in [3.05, 3.63) is 29.8 Å². The average Bonchev–Trinajstić information content (AvgIpc) is 3.26. The van der Waals surface area contributed by atoms with E-state index in [0.29, 0.717) is 24.1 Å². The Morgan fingerprint density at radius 1 is 1.28 bits per heavy atom. The van der Waals surface area contributed by atoms with E-state index in [0.717, 1.165) is 17.7 Å². The van der Waals surface area contributed by atoms with Crippen LogP contribution in [0.3, 0.4) is 0 Å². The predicted molar refractivity (Wildman–Crippen MR) is 101 cm³/mol. The first kappa shape index (κ1) is 20.3. The monoisotopic (exact) mass is 398 g/mol. The van der Waals surface area contributed by atoms with Crippen molar-refractivity contribution in [2.45, 2.75) is 50.7 Å². The van der Waals surface area contributed by atoms with Crippen molar-refractivity contribution < 1.29 is 23.9 Å². The number of carbonyl (C=O) groups excluding carboxylic acids is 4. The zero-order valence-corrected chi connectivity index (χ0v) is 16.1. The minimum Gasteiger partial charge on any atom is -0.452 e. The third-order valence-corrected chi connectivity index (χ3v) is 5.20. The molecule has 1 aromatic rings. The van der Waals surface area contributed by atoms with Crippen LogP contribution < -0.4 is 10.6 Å². The number of nitrogens with one attached hydrogen (secondary N) is 2. The molecule has 152 valence electrons. The number of hydrogen-bond donors (Lipinski definition) is 2. The van der Waals surface area contributed by atoms with Gasteiger partial charge in [-0.15, -0.1) is 0 Å². The molecule has 0 radical (unpaired) electrons. The van der Waals surface area contributed by atoms with Crippen molar-refractivity contribution in [1.82, 2.24) is 10.2 Å². The highest BCUT2D eigenvalue weighted by molar-refractivity contribution is 6.07. The molecular weight excluding hydrogens is 376 g/mol. The molecule has 1 saturated carbocycles. The first-order valence-corrected chi connectivity index (χ1v) is 9.49. The van der Waals surface area contributed by atoms with Crippen molar-refractivity contribution in [3.63, 3.8) is 0 Å². The maximum absolute atomic E-state index is 12.5. The second kappa shape index (κ2) is 8.31. The molecule has 29 heavy (non-hydrogen) atoms. The summed E-state index contributed by atoms with van der Waals surface area (Å²) in [6.45, 7) is 1.34. The van der Waals surface area contributed by atoms with Crippen LogP contribution in [-0.4, -0.2) is 46.9 Å². The van der Waals surface area contributed by atoms with Gasteiger partial charge in [-0.2, -0.15) is 5.26 Å². The summed E-state index contributed by atoms with van der Waals surface area (Å²) in [6, 6.07) is 7.74. The first-order chi connectivity index (χ1) is 13.8. The lowest BCUT2D eigenvalue weighted by atomic mass is 9.98. The van der Waals surface area contributed by atoms with E-state index in [1.807, 2.05) is 6.07 Å². The molecule has 3 rings (SSSR count). The summed E-state index contributed by atoms with van der Waals surface area (Å²) in [5, 5.41) is 14.1. The molecule has 1 saturated heterocycles. The van der Waals surface area contributed by atoms with Crippen LogP contribution in [0.4, 0.5) is 10.5 Å². The minimum absolute atomic E-state index is 0.0881. The Labute approximate surface area is 168 Å². The molecule has 2 N–H and O–H groups in total. The smallest absolute Gasteiger partial charge is 0.325 e. The molecule has 2 aliphatic rings. The van der Waals surface area contributed by atoms with Crippen LogP contribution >= 0.6 is 0 Å². The number of urea groups is 1. The fraction of sp³-hybridized carbons (Fsp3) is 0.450. The van der Waals surface area contributed by atoms with Crippen molar-refractivity contribution in [2.75, 3.05) is 11.9 Å². The molecule has 1 heterocycles. The van der Waals surface area contributed by atoms with Crippen molar-refractivity contribution in [3.8, 4) is 6.07 Å². The largest absolute Gasteiger partial charge is 0.452 e. The highest BCUT2D eigenvalue weighted by Crippen LogP contribution is 2.35. The van der Waals surface area contributed by atoms with Crippen LogP contribution in [0.2, 0.25) is 0 Å². The van der Waals surface area contributed by atoms with Crippen LogP contribution in [0, 0.1) is 11.3 Å². The van der Waals surface area contributed by atoms with Crippen LogP contribution in [0.1, 0.15) is 44.6 Å². The number of amides is 4. The van der Waals surface area contributed by atoms with Gasteiger partial charge >= 0.3 is 12.0 Å². The van der Waals surface area contributed by atoms with Crippen molar-refractivity contribution in [1.29, 1.82) is 5.26 Å². The number of esters is 1. The number of rotatable bonds is 6. The Bertz CT molecular complexity index is 868. The maximum Gasteiger partial charge on any atom is 0.325 e. The van der Waals surface area contributed by atoms with E-state index in [1.165, 1.54) is 6.92 Å². The summed E-state index contributed by atoms with van der Waals surface area (Å²) in [7, 11) is 0. The van der Waals surface area contributed by atoms with Gasteiger partial charge in [0.05, 0.1) is 18.1 Å². The van der Waals surface area contributed by atoms with E-state index in [1.54, 1.807) is 24.3 Å². The standard InChI is InChI=1S/C20H22N4O5/c1-13(17(26)22-15-6-4-14(12-21)5-7-15)29-16(25)8-11-24-18(27)20(23-19(24)28)9-2-3-10-20/h4-7,13H,2-3,8-11H2,1H3,(H,22,26)(H,23,28)/t13-/m0/s1. The summed E-state index contributed by atoms with van der Waals surface area (Å²) in [5.41, 5.74) is 0.121. The highest BCUT2D eigenvalue weighted by Gasteiger charge is 2.52. The molecule has 0 unspecified atom stereocenters. The molecule has 1 atom stereocenters. The molecular formula is C20H22N4O5. The van der Waals surface area contributed by atoms with Crippen molar-refractivity contribution >= 4 is 29.5 Å². The summed E-state index contributed by atoms with van der Waals surface area (Å²) in [5.74, 6) is -1.50. The third kappa shape index (κ3) is 4.37. The van der Waals surface area contributed by atoms with E-state index < -0.39 is 29.6 Å². The number of benzene rings is 1. The van der Waals surface area contributed by atoms with Gasteiger partial charge in [0, 0.05) is 12.2 Å². The lowest BCUT2D eigenvalue weighted by molar-refractivity contribution is -0.153. The summed E-state index contributed by atoms with van der Waals surface area (Å²) >= 11 is 0. The molecule has 0 aromatic heterocycles. The van der Waals surface area contributed by atoms with Crippen molar-refractivity contribution in [2.24, 2.45) is 0 Å². The number of anilines is 1. The number of hydrogen-bond acceptors (Lipinski definition) is 6. The van der Waals surface area contributed by atoms with Gasteiger partial charge in [0.2, 0.25) is 0 Å². The zero-order chi connectivity index (χ0) is 21.0. The molecule has 0 bridgehead atoms. The van der Waals surface area contributed by atoms with Gasteiger partial charge in [-0.25, -0.2) is 4.79 Å². The highest BCUT2D eigenvalue weighted by atomic mass is 16.5. The summed E-state index contributed by atoms with van der Waals surface area (Å²) in [6.07, 6.45) is 1.75. The van der Waals surface area contributed by atoms with Gasteiger partial charge in [0.1, 0.15) is 5.54 Å². The van der Waals surface area contributed by atoms with E-state index in [4.69, 9.17) is 10.00 Å². The summed E-state index contributed by atoms with van der Waals surface area (Å²) in [4.78, 5) is 49.9. The maximum atomic E-state index is 12.5. The second-order valence-electron chi connectivity index (χ2n) is 7.24. The lowest BCUT2D eigenvalue weighted by Gasteiger charge is -2.20. The molecule has 2 fully saturated rings. The van der Waals surface area contributed by atoms with Gasteiger partial charge in [-0.1, -0.05) is 12.8 Å². The van der Waals surface area contributed by atoms with Gasteiger partial charge in [0.25, 0.3) is 11.8 Å². The Hall–Kier alpha value is -3.41. The Morgan fingerprint density at radius 3 is 2.55 bits per heavy atom. The normalized spacial score (nSPS) is 18.3. The van der Waals surface area contributed by atoms with Gasteiger partial charge in [-0.05, 0) is 44.0 Å². The fourth-order valence-corrected chi connectivity index (χ4v) is 3.58. The SMILES string of the molecule is C[C@H](OC(=O)CCN1C(=O)NC2(CCCC2)C1=O)C(=O)Nc1ccc(C#N)cc1. The number of carbonyl (C=O) groups is 4. The number of imide groups is 1. The molecule has 1 aliphatic carbocycles. The van der Waals surface area contributed by atoms with Crippen LogP contribution in [0.25, 0.3) is 0 Å². The van der Waals surface area contributed by atoms with E-state index in [-0.39, 0.29) is 18.9 Å². The number of ether oxygens (including phenoxy) is 1.